The van der Waals surface area contributed by atoms with Gasteiger partial charge >= 0.3 is 0 Å². The first kappa shape index (κ1) is 8.28. The number of rotatable bonds is 0. The van der Waals surface area contributed by atoms with Gasteiger partial charge in [0.1, 0.15) is 0 Å². The van der Waals surface area contributed by atoms with Gasteiger partial charge in [-0.3, -0.25) is 0 Å². The van der Waals surface area contributed by atoms with Crippen LogP contribution in [0.5, 0.6) is 0 Å². The van der Waals surface area contributed by atoms with Gasteiger partial charge in [0.2, 0.25) is 0 Å². The van der Waals surface area contributed by atoms with Crippen LogP contribution in [0, 0.1) is 11.3 Å². The molecular formula is C12H21N. The van der Waals surface area contributed by atoms with Crippen molar-refractivity contribution in [1.29, 1.82) is 0 Å². The highest BCUT2D eigenvalue weighted by atomic mass is 15.0. The number of piperidine rings is 1. The SMILES string of the molecule is C1CCC2CC23CCCNC3CC1. The van der Waals surface area contributed by atoms with Gasteiger partial charge in [-0.1, -0.05) is 19.3 Å². The largest absolute Gasteiger partial charge is 0.313 e. The first-order valence-corrected chi connectivity index (χ1v) is 6.15. The molecule has 2 saturated carbocycles. The van der Waals surface area contributed by atoms with E-state index in [2.05, 4.69) is 5.32 Å². The van der Waals surface area contributed by atoms with Crippen molar-refractivity contribution in [1.82, 2.24) is 5.32 Å². The van der Waals surface area contributed by atoms with Crippen LogP contribution in [0.2, 0.25) is 0 Å². The molecule has 3 aliphatic rings. The van der Waals surface area contributed by atoms with E-state index >= 15 is 0 Å². The van der Waals surface area contributed by atoms with Crippen molar-refractivity contribution in [3.05, 3.63) is 0 Å². The Morgan fingerprint density at radius 1 is 1.00 bits per heavy atom. The van der Waals surface area contributed by atoms with Crippen LogP contribution in [0.15, 0.2) is 0 Å². The minimum absolute atomic E-state index is 0.804. The van der Waals surface area contributed by atoms with Crippen LogP contribution in [0.4, 0.5) is 0 Å². The van der Waals surface area contributed by atoms with Crippen molar-refractivity contribution < 1.29 is 0 Å². The molecule has 3 unspecified atom stereocenters. The van der Waals surface area contributed by atoms with Crippen molar-refractivity contribution >= 4 is 0 Å². The van der Waals surface area contributed by atoms with Crippen LogP contribution >= 0.6 is 0 Å². The fourth-order valence-corrected chi connectivity index (χ4v) is 3.90. The predicted molar refractivity (Wildman–Crippen MR) is 54.6 cm³/mol. The molecule has 1 saturated heterocycles. The van der Waals surface area contributed by atoms with Gasteiger partial charge in [0, 0.05) is 6.04 Å². The van der Waals surface area contributed by atoms with Gasteiger partial charge < -0.3 is 5.32 Å². The Morgan fingerprint density at radius 2 is 1.92 bits per heavy atom. The molecule has 1 spiro atoms. The van der Waals surface area contributed by atoms with Crippen molar-refractivity contribution in [2.75, 3.05) is 6.54 Å². The zero-order valence-electron chi connectivity index (χ0n) is 8.52. The summed E-state index contributed by atoms with van der Waals surface area (Å²) in [6.07, 6.45) is 12.0. The summed E-state index contributed by atoms with van der Waals surface area (Å²) in [5.41, 5.74) is 0.804. The summed E-state index contributed by atoms with van der Waals surface area (Å²) in [5.74, 6) is 1.12. The highest BCUT2D eigenvalue weighted by Gasteiger charge is 2.58. The van der Waals surface area contributed by atoms with E-state index in [9.17, 15) is 0 Å². The van der Waals surface area contributed by atoms with Gasteiger partial charge in [0.15, 0.2) is 0 Å². The maximum absolute atomic E-state index is 3.77. The first-order valence-electron chi connectivity index (χ1n) is 6.15. The number of hydrogen-bond acceptors (Lipinski definition) is 1. The topological polar surface area (TPSA) is 12.0 Å². The Bertz CT molecular complexity index is 201. The van der Waals surface area contributed by atoms with Crippen molar-refractivity contribution in [3.8, 4) is 0 Å². The lowest BCUT2D eigenvalue weighted by molar-refractivity contribution is 0.206. The van der Waals surface area contributed by atoms with E-state index in [0.717, 1.165) is 17.4 Å². The van der Waals surface area contributed by atoms with Gasteiger partial charge in [-0.25, -0.2) is 0 Å². The van der Waals surface area contributed by atoms with Crippen LogP contribution in [0.1, 0.15) is 51.4 Å². The molecule has 1 aliphatic heterocycles. The minimum atomic E-state index is 0.804. The summed E-state index contributed by atoms with van der Waals surface area (Å²) in [6, 6.07) is 0.909. The zero-order chi connectivity index (χ0) is 8.73. The summed E-state index contributed by atoms with van der Waals surface area (Å²) >= 11 is 0. The second-order valence-electron chi connectivity index (χ2n) is 5.38. The van der Waals surface area contributed by atoms with Gasteiger partial charge in [0.05, 0.1) is 0 Å². The van der Waals surface area contributed by atoms with E-state index in [0.29, 0.717) is 0 Å². The molecule has 3 atom stereocenters. The highest BCUT2D eigenvalue weighted by molar-refractivity contribution is 5.10. The molecule has 1 N–H and O–H groups in total. The molecule has 1 heteroatoms. The van der Waals surface area contributed by atoms with Crippen molar-refractivity contribution in [2.24, 2.45) is 11.3 Å². The second-order valence-corrected chi connectivity index (χ2v) is 5.38. The highest BCUT2D eigenvalue weighted by Crippen LogP contribution is 2.63. The maximum atomic E-state index is 3.77. The quantitative estimate of drug-likeness (QED) is 0.603. The van der Waals surface area contributed by atoms with E-state index in [1.54, 1.807) is 6.42 Å². The Morgan fingerprint density at radius 3 is 2.92 bits per heavy atom. The molecule has 0 aromatic heterocycles. The molecule has 74 valence electrons. The number of hydrogen-bond donors (Lipinski definition) is 1. The van der Waals surface area contributed by atoms with Gasteiger partial charge in [-0.15, -0.1) is 0 Å². The first-order chi connectivity index (χ1) is 6.42. The average molecular weight is 179 g/mol. The molecule has 3 rings (SSSR count). The van der Waals surface area contributed by atoms with Gasteiger partial charge in [0.25, 0.3) is 0 Å². The fraction of sp³-hybridized carbons (Fsp3) is 1.00. The third kappa shape index (κ3) is 1.24. The fourth-order valence-electron chi connectivity index (χ4n) is 3.90. The van der Waals surface area contributed by atoms with Crippen LogP contribution in [0.25, 0.3) is 0 Å². The van der Waals surface area contributed by atoms with Crippen LogP contribution in [0.3, 0.4) is 0 Å². The Balaban J connectivity index is 1.77. The summed E-state index contributed by atoms with van der Waals surface area (Å²) in [4.78, 5) is 0. The molecule has 1 nitrogen and oxygen atoms in total. The summed E-state index contributed by atoms with van der Waals surface area (Å²) < 4.78 is 0. The molecule has 1 heterocycles. The maximum Gasteiger partial charge on any atom is 0.0126 e. The zero-order valence-corrected chi connectivity index (χ0v) is 8.52. The van der Waals surface area contributed by atoms with E-state index in [1.807, 2.05) is 0 Å². The molecule has 3 fully saturated rings. The average Bonchev–Trinajstić information content (AvgIpc) is 2.79. The van der Waals surface area contributed by atoms with E-state index in [4.69, 9.17) is 0 Å². The van der Waals surface area contributed by atoms with E-state index in [1.165, 1.54) is 51.5 Å². The Hall–Kier alpha value is -0.0400. The normalized spacial score (nSPS) is 49.8. The molecule has 0 aromatic rings. The molecule has 13 heavy (non-hydrogen) atoms. The summed E-state index contributed by atoms with van der Waals surface area (Å²) in [6.45, 7) is 1.29. The monoisotopic (exact) mass is 179 g/mol. The lowest BCUT2D eigenvalue weighted by atomic mass is 9.80. The number of nitrogens with one attached hydrogen (secondary N) is 1. The Kier molecular flexibility index (Phi) is 1.90. The van der Waals surface area contributed by atoms with Crippen molar-refractivity contribution in [3.63, 3.8) is 0 Å². The summed E-state index contributed by atoms with van der Waals surface area (Å²) in [7, 11) is 0. The third-order valence-electron chi connectivity index (χ3n) is 4.73. The molecule has 0 radical (unpaired) electrons. The third-order valence-corrected chi connectivity index (χ3v) is 4.73. The molecule has 0 amide bonds. The predicted octanol–water partition coefficient (Wildman–Crippen LogP) is 2.71. The molecule has 2 aliphatic carbocycles. The lowest BCUT2D eigenvalue weighted by Gasteiger charge is -2.35. The standard InChI is InChI=1S/C12H21N/c1-2-5-10-9-12(10)7-4-8-13-11(12)6-3-1/h10-11,13H,1-9H2. The smallest absolute Gasteiger partial charge is 0.0126 e. The molecule has 0 bridgehead atoms. The summed E-state index contributed by atoms with van der Waals surface area (Å²) in [5, 5.41) is 3.77. The molecule has 0 aromatic carbocycles. The molecular weight excluding hydrogens is 158 g/mol. The lowest BCUT2D eigenvalue weighted by Crippen LogP contribution is -2.44. The Labute approximate surface area is 81.3 Å². The van der Waals surface area contributed by atoms with Gasteiger partial charge in [-0.2, -0.15) is 0 Å². The van der Waals surface area contributed by atoms with E-state index < -0.39 is 0 Å². The van der Waals surface area contributed by atoms with Crippen LogP contribution < -0.4 is 5.32 Å². The van der Waals surface area contributed by atoms with Crippen LogP contribution in [-0.2, 0) is 0 Å². The van der Waals surface area contributed by atoms with Crippen LogP contribution in [-0.4, -0.2) is 12.6 Å². The van der Waals surface area contributed by atoms with Gasteiger partial charge in [-0.05, 0) is 50.0 Å². The van der Waals surface area contributed by atoms with Crippen molar-refractivity contribution in [2.45, 2.75) is 57.4 Å². The van der Waals surface area contributed by atoms with E-state index in [-0.39, 0.29) is 0 Å². The second kappa shape index (κ2) is 2.98. The minimum Gasteiger partial charge on any atom is -0.313 e.